The Bertz CT molecular complexity index is 723. The van der Waals surface area contributed by atoms with Crippen LogP contribution in [0.25, 0.3) is 5.57 Å². The van der Waals surface area contributed by atoms with E-state index in [1.165, 1.54) is 11.1 Å². The van der Waals surface area contributed by atoms with Gasteiger partial charge >= 0.3 is 0 Å². The van der Waals surface area contributed by atoms with Crippen molar-refractivity contribution < 1.29 is 4.74 Å². The zero-order chi connectivity index (χ0) is 16.2. The predicted octanol–water partition coefficient (Wildman–Crippen LogP) is 2.21. The number of anilines is 1. The van der Waals surface area contributed by atoms with Crippen LogP contribution < -0.4 is 5.32 Å². The van der Waals surface area contributed by atoms with Crippen LogP contribution in [0.15, 0.2) is 42.7 Å². The molecule has 1 aliphatic heterocycles. The van der Waals surface area contributed by atoms with Crippen LogP contribution in [0.3, 0.4) is 0 Å². The van der Waals surface area contributed by atoms with Crippen molar-refractivity contribution >= 4 is 11.4 Å². The van der Waals surface area contributed by atoms with Crippen LogP contribution in [0, 0.1) is 0 Å². The van der Waals surface area contributed by atoms with Crippen LogP contribution >= 0.6 is 0 Å². The Balaban J connectivity index is 1.49. The summed E-state index contributed by atoms with van der Waals surface area (Å²) >= 11 is 0. The van der Waals surface area contributed by atoms with Crippen molar-refractivity contribution in [2.45, 2.75) is 6.42 Å². The molecule has 1 fully saturated rings. The first-order valence-electron chi connectivity index (χ1n) is 8.55. The van der Waals surface area contributed by atoms with Crippen molar-refractivity contribution in [3.63, 3.8) is 0 Å². The van der Waals surface area contributed by atoms with E-state index in [1.807, 2.05) is 6.07 Å². The quantitative estimate of drug-likeness (QED) is 0.915. The average molecular weight is 322 g/mol. The SMILES string of the molecule is C1=C(c2ccccc2)c2c(ncnc2NCCN2CCOCC2)C1. The lowest BCUT2D eigenvalue weighted by atomic mass is 10.0. The Kier molecular flexibility index (Phi) is 4.53. The van der Waals surface area contributed by atoms with E-state index in [0.29, 0.717) is 0 Å². The molecule has 0 bridgehead atoms. The first-order valence-corrected chi connectivity index (χ1v) is 8.55. The van der Waals surface area contributed by atoms with Crippen molar-refractivity contribution in [3.8, 4) is 0 Å². The van der Waals surface area contributed by atoms with E-state index in [9.17, 15) is 0 Å². The highest BCUT2D eigenvalue weighted by atomic mass is 16.5. The van der Waals surface area contributed by atoms with Crippen molar-refractivity contribution in [1.29, 1.82) is 0 Å². The van der Waals surface area contributed by atoms with Gasteiger partial charge in [0.2, 0.25) is 0 Å². The summed E-state index contributed by atoms with van der Waals surface area (Å²) in [7, 11) is 0. The van der Waals surface area contributed by atoms with E-state index in [0.717, 1.165) is 62.9 Å². The summed E-state index contributed by atoms with van der Waals surface area (Å²) in [5, 5.41) is 3.52. The Hall–Kier alpha value is -2.24. The molecular formula is C19H22N4O. The first kappa shape index (κ1) is 15.3. The number of fused-ring (bicyclic) bond motifs is 1. The van der Waals surface area contributed by atoms with Gasteiger partial charge in [-0.2, -0.15) is 0 Å². The average Bonchev–Trinajstić information content (AvgIpc) is 3.08. The molecule has 1 aromatic heterocycles. The molecule has 5 nitrogen and oxygen atoms in total. The fourth-order valence-corrected chi connectivity index (χ4v) is 3.33. The highest BCUT2D eigenvalue weighted by molar-refractivity contribution is 5.88. The molecule has 0 saturated carbocycles. The summed E-state index contributed by atoms with van der Waals surface area (Å²) in [6.45, 7) is 5.59. The molecule has 0 atom stereocenters. The molecule has 2 aromatic rings. The molecule has 1 saturated heterocycles. The van der Waals surface area contributed by atoms with Crippen molar-refractivity contribution in [2.24, 2.45) is 0 Å². The van der Waals surface area contributed by atoms with Gasteiger partial charge in [0.05, 0.1) is 18.9 Å². The van der Waals surface area contributed by atoms with E-state index in [1.54, 1.807) is 6.33 Å². The molecule has 0 radical (unpaired) electrons. The van der Waals surface area contributed by atoms with Crippen LogP contribution in [0.2, 0.25) is 0 Å². The van der Waals surface area contributed by atoms with Gasteiger partial charge in [0.15, 0.2) is 0 Å². The second-order valence-electron chi connectivity index (χ2n) is 6.11. The third-order valence-electron chi connectivity index (χ3n) is 4.60. The van der Waals surface area contributed by atoms with Gasteiger partial charge in [0, 0.05) is 38.2 Å². The number of hydrogen-bond donors (Lipinski definition) is 1. The number of hydrogen-bond acceptors (Lipinski definition) is 5. The van der Waals surface area contributed by atoms with Crippen LogP contribution in [0.1, 0.15) is 16.8 Å². The number of morpholine rings is 1. The van der Waals surface area contributed by atoms with E-state index < -0.39 is 0 Å². The molecular weight excluding hydrogens is 300 g/mol. The number of benzene rings is 1. The van der Waals surface area contributed by atoms with Gasteiger partial charge in [-0.1, -0.05) is 36.4 Å². The van der Waals surface area contributed by atoms with Crippen LogP contribution in [0.5, 0.6) is 0 Å². The van der Waals surface area contributed by atoms with Gasteiger partial charge in [-0.15, -0.1) is 0 Å². The number of ether oxygens (including phenoxy) is 1. The molecule has 4 rings (SSSR count). The number of aromatic nitrogens is 2. The minimum Gasteiger partial charge on any atom is -0.379 e. The molecule has 1 aromatic carbocycles. The topological polar surface area (TPSA) is 50.3 Å². The van der Waals surface area contributed by atoms with Gasteiger partial charge in [-0.25, -0.2) is 9.97 Å². The summed E-state index contributed by atoms with van der Waals surface area (Å²) in [4.78, 5) is 11.4. The van der Waals surface area contributed by atoms with Crippen LogP contribution in [0.4, 0.5) is 5.82 Å². The minimum atomic E-state index is 0.837. The molecule has 0 amide bonds. The Morgan fingerprint density at radius 2 is 1.92 bits per heavy atom. The highest BCUT2D eigenvalue weighted by Crippen LogP contribution is 2.35. The summed E-state index contributed by atoms with van der Waals surface area (Å²) < 4.78 is 5.40. The lowest BCUT2D eigenvalue weighted by molar-refractivity contribution is 0.0398. The van der Waals surface area contributed by atoms with Crippen molar-refractivity contribution in [3.05, 3.63) is 59.6 Å². The standard InChI is InChI=1S/C19H22N4O/c1-2-4-15(5-3-1)16-6-7-17-18(16)19(22-14-21-17)20-8-9-23-10-12-24-13-11-23/h1-6,14H,7-13H2,(H,20,21,22). The van der Waals surface area contributed by atoms with Crippen molar-refractivity contribution in [1.82, 2.24) is 14.9 Å². The predicted molar refractivity (Wildman–Crippen MR) is 95.0 cm³/mol. The Morgan fingerprint density at radius 1 is 1.08 bits per heavy atom. The van der Waals surface area contributed by atoms with Gasteiger partial charge < -0.3 is 10.1 Å². The molecule has 0 spiro atoms. The summed E-state index contributed by atoms with van der Waals surface area (Å²) in [6.07, 6.45) is 4.79. The van der Waals surface area contributed by atoms with Crippen molar-refractivity contribution in [2.75, 3.05) is 44.7 Å². The van der Waals surface area contributed by atoms with Crippen LogP contribution in [-0.4, -0.2) is 54.3 Å². The van der Waals surface area contributed by atoms with Gasteiger partial charge in [-0.3, -0.25) is 4.90 Å². The van der Waals surface area contributed by atoms with Crippen LogP contribution in [-0.2, 0) is 11.2 Å². The monoisotopic (exact) mass is 322 g/mol. The summed E-state index contributed by atoms with van der Waals surface area (Å²) in [6, 6.07) is 10.5. The van der Waals surface area contributed by atoms with E-state index >= 15 is 0 Å². The summed E-state index contributed by atoms with van der Waals surface area (Å²) in [5.74, 6) is 0.945. The zero-order valence-electron chi connectivity index (χ0n) is 13.7. The molecule has 2 aliphatic rings. The molecule has 0 unspecified atom stereocenters. The molecule has 5 heteroatoms. The molecule has 1 N–H and O–H groups in total. The molecule has 24 heavy (non-hydrogen) atoms. The molecule has 1 aliphatic carbocycles. The lowest BCUT2D eigenvalue weighted by Crippen LogP contribution is -2.39. The third-order valence-corrected chi connectivity index (χ3v) is 4.60. The van der Waals surface area contributed by atoms with Gasteiger partial charge in [-0.05, 0) is 11.1 Å². The maximum atomic E-state index is 5.40. The Morgan fingerprint density at radius 3 is 2.75 bits per heavy atom. The van der Waals surface area contributed by atoms with E-state index in [4.69, 9.17) is 4.74 Å². The Labute approximate surface area is 142 Å². The lowest BCUT2D eigenvalue weighted by Gasteiger charge is -2.26. The second-order valence-corrected chi connectivity index (χ2v) is 6.11. The number of rotatable bonds is 5. The fraction of sp³-hybridized carbons (Fsp3) is 0.368. The maximum absolute atomic E-state index is 5.40. The van der Waals surface area contributed by atoms with Gasteiger partial charge in [0.25, 0.3) is 0 Å². The minimum absolute atomic E-state index is 0.837. The smallest absolute Gasteiger partial charge is 0.137 e. The number of nitrogens with one attached hydrogen (secondary N) is 1. The number of allylic oxidation sites excluding steroid dienone is 1. The largest absolute Gasteiger partial charge is 0.379 e. The molecule has 2 heterocycles. The third kappa shape index (κ3) is 3.18. The normalized spacial score (nSPS) is 17.4. The van der Waals surface area contributed by atoms with E-state index in [2.05, 4.69) is 50.5 Å². The zero-order valence-corrected chi connectivity index (χ0v) is 13.7. The van der Waals surface area contributed by atoms with Gasteiger partial charge in [0.1, 0.15) is 12.1 Å². The second kappa shape index (κ2) is 7.11. The van der Waals surface area contributed by atoms with E-state index in [-0.39, 0.29) is 0 Å². The summed E-state index contributed by atoms with van der Waals surface area (Å²) in [5.41, 5.74) is 4.73. The maximum Gasteiger partial charge on any atom is 0.137 e. The highest BCUT2D eigenvalue weighted by Gasteiger charge is 2.21. The molecule has 124 valence electrons. The number of nitrogens with zero attached hydrogens (tertiary/aromatic N) is 3. The fourth-order valence-electron chi connectivity index (χ4n) is 3.33. The first-order chi connectivity index (χ1) is 11.9.